The van der Waals surface area contributed by atoms with E-state index in [0.717, 1.165) is 25.0 Å². The number of fused-ring (bicyclic) bond motifs is 1. The van der Waals surface area contributed by atoms with Crippen LogP contribution >= 0.6 is 0 Å². The van der Waals surface area contributed by atoms with Crippen LogP contribution in [0.5, 0.6) is 5.75 Å². The minimum atomic E-state index is -0.336. The average Bonchev–Trinajstić information content (AvgIpc) is 2.55. The molecule has 0 heterocycles. The molecule has 0 saturated heterocycles. The molecule has 2 aromatic rings. The summed E-state index contributed by atoms with van der Waals surface area (Å²) in [6.45, 7) is 0. The average molecular weight is 299 g/mol. The highest BCUT2D eigenvalue weighted by atomic mass is 19.1. The number of rotatable bonds is 3. The molecule has 0 saturated carbocycles. The van der Waals surface area contributed by atoms with Crippen LogP contribution in [0.3, 0.4) is 0 Å². The molecule has 0 aliphatic heterocycles. The minimum absolute atomic E-state index is 0.110. The highest BCUT2D eigenvalue weighted by Crippen LogP contribution is 2.25. The third kappa shape index (κ3) is 3.11. The Kier molecular flexibility index (Phi) is 4.09. The molecule has 1 atom stereocenters. The molecule has 2 aromatic carbocycles. The van der Waals surface area contributed by atoms with Gasteiger partial charge in [0.25, 0.3) is 5.91 Å². The molecule has 22 heavy (non-hydrogen) atoms. The Balaban J connectivity index is 1.67. The predicted octanol–water partition coefficient (Wildman–Crippen LogP) is 3.12. The van der Waals surface area contributed by atoms with E-state index in [2.05, 4.69) is 17.4 Å². The number of hydrogen-bond acceptors (Lipinski definition) is 2. The number of ether oxygens (including phenoxy) is 1. The molecule has 1 N–H and O–H groups in total. The molecule has 0 aromatic heterocycles. The van der Waals surface area contributed by atoms with E-state index in [-0.39, 0.29) is 17.8 Å². The minimum Gasteiger partial charge on any atom is -0.497 e. The summed E-state index contributed by atoms with van der Waals surface area (Å²) < 4.78 is 18.1. The van der Waals surface area contributed by atoms with Crippen LogP contribution in [-0.2, 0) is 12.8 Å². The van der Waals surface area contributed by atoms with Gasteiger partial charge in [-0.15, -0.1) is 0 Å². The van der Waals surface area contributed by atoms with Gasteiger partial charge in [-0.25, -0.2) is 4.39 Å². The van der Waals surface area contributed by atoms with Crippen LogP contribution < -0.4 is 10.1 Å². The molecular weight excluding hydrogens is 281 g/mol. The summed E-state index contributed by atoms with van der Waals surface area (Å²) in [7, 11) is 1.66. The normalized spacial score (nSPS) is 16.7. The van der Waals surface area contributed by atoms with E-state index in [1.54, 1.807) is 7.11 Å². The van der Waals surface area contributed by atoms with Crippen molar-refractivity contribution in [2.45, 2.75) is 25.3 Å². The third-order valence-electron chi connectivity index (χ3n) is 4.08. The number of hydrogen-bond donors (Lipinski definition) is 1. The number of methoxy groups -OCH3 is 1. The summed E-state index contributed by atoms with van der Waals surface area (Å²) in [5.74, 6) is 0.381. The largest absolute Gasteiger partial charge is 0.497 e. The van der Waals surface area contributed by atoms with Gasteiger partial charge >= 0.3 is 0 Å². The van der Waals surface area contributed by atoms with Crippen LogP contribution in [-0.4, -0.2) is 19.1 Å². The molecule has 0 spiro atoms. The summed E-state index contributed by atoms with van der Waals surface area (Å²) in [6, 6.07) is 11.8. The number of carbonyl (C=O) groups excluding carboxylic acids is 1. The van der Waals surface area contributed by atoms with Crippen molar-refractivity contribution in [3.63, 3.8) is 0 Å². The van der Waals surface area contributed by atoms with Gasteiger partial charge in [-0.2, -0.15) is 0 Å². The lowest BCUT2D eigenvalue weighted by molar-refractivity contribution is 0.0933. The summed E-state index contributed by atoms with van der Waals surface area (Å²) >= 11 is 0. The van der Waals surface area contributed by atoms with Crippen molar-refractivity contribution in [1.82, 2.24) is 5.32 Å². The van der Waals surface area contributed by atoms with E-state index >= 15 is 0 Å². The first-order valence-corrected chi connectivity index (χ1v) is 7.38. The number of carbonyl (C=O) groups is 1. The van der Waals surface area contributed by atoms with E-state index < -0.39 is 0 Å². The fraction of sp³-hybridized carbons (Fsp3) is 0.278. The number of halogens is 1. The van der Waals surface area contributed by atoms with Crippen LogP contribution in [0.15, 0.2) is 42.5 Å². The Morgan fingerprint density at radius 2 is 1.95 bits per heavy atom. The van der Waals surface area contributed by atoms with Gasteiger partial charge in [0.05, 0.1) is 7.11 Å². The fourth-order valence-corrected chi connectivity index (χ4v) is 2.85. The number of amides is 1. The lowest BCUT2D eigenvalue weighted by atomic mass is 9.88. The van der Waals surface area contributed by atoms with Crippen molar-refractivity contribution in [3.05, 3.63) is 65.0 Å². The predicted molar refractivity (Wildman–Crippen MR) is 82.7 cm³/mol. The molecule has 3 nitrogen and oxygen atoms in total. The Morgan fingerprint density at radius 3 is 2.68 bits per heavy atom. The summed E-state index contributed by atoms with van der Waals surface area (Å²) in [4.78, 5) is 12.2. The molecular formula is C18H18FNO2. The molecule has 0 radical (unpaired) electrons. The lowest BCUT2D eigenvalue weighted by Gasteiger charge is -2.26. The Labute approximate surface area is 129 Å². The number of benzene rings is 2. The Hall–Kier alpha value is -2.36. The van der Waals surface area contributed by atoms with Crippen molar-refractivity contribution < 1.29 is 13.9 Å². The topological polar surface area (TPSA) is 38.3 Å². The fourth-order valence-electron chi connectivity index (χ4n) is 2.85. The van der Waals surface area contributed by atoms with Crippen molar-refractivity contribution in [1.29, 1.82) is 0 Å². The van der Waals surface area contributed by atoms with E-state index in [0.29, 0.717) is 5.56 Å². The molecule has 1 amide bonds. The van der Waals surface area contributed by atoms with Gasteiger partial charge in [-0.3, -0.25) is 4.79 Å². The molecule has 0 bridgehead atoms. The molecule has 4 heteroatoms. The van der Waals surface area contributed by atoms with Crippen molar-refractivity contribution in [3.8, 4) is 5.75 Å². The summed E-state index contributed by atoms with van der Waals surface area (Å²) in [5, 5.41) is 3.03. The maximum absolute atomic E-state index is 12.9. The Morgan fingerprint density at radius 1 is 1.18 bits per heavy atom. The first-order chi connectivity index (χ1) is 10.7. The van der Waals surface area contributed by atoms with Crippen LogP contribution in [0.2, 0.25) is 0 Å². The second-order valence-electron chi connectivity index (χ2n) is 5.55. The zero-order chi connectivity index (χ0) is 15.5. The van der Waals surface area contributed by atoms with Crippen LogP contribution in [0.25, 0.3) is 0 Å². The van der Waals surface area contributed by atoms with Crippen LogP contribution in [0.1, 0.15) is 27.9 Å². The van der Waals surface area contributed by atoms with Gasteiger partial charge < -0.3 is 10.1 Å². The molecule has 0 fully saturated rings. The quantitative estimate of drug-likeness (QED) is 0.945. The standard InChI is InChI=1S/C18H18FNO2/c1-22-17-9-5-13-10-16(8-4-14(13)11-17)20-18(21)12-2-6-15(19)7-3-12/h2-3,5-7,9,11,16H,4,8,10H2,1H3,(H,20,21). The third-order valence-corrected chi connectivity index (χ3v) is 4.08. The van der Waals surface area contributed by atoms with E-state index in [9.17, 15) is 9.18 Å². The second-order valence-corrected chi connectivity index (χ2v) is 5.55. The molecule has 3 rings (SSSR count). The highest BCUT2D eigenvalue weighted by Gasteiger charge is 2.21. The number of nitrogens with one attached hydrogen (secondary N) is 1. The molecule has 1 unspecified atom stereocenters. The maximum Gasteiger partial charge on any atom is 0.251 e. The molecule has 1 aliphatic carbocycles. The van der Waals surface area contributed by atoms with Crippen LogP contribution in [0.4, 0.5) is 4.39 Å². The van der Waals surface area contributed by atoms with E-state index in [4.69, 9.17) is 4.74 Å². The lowest BCUT2D eigenvalue weighted by Crippen LogP contribution is -2.38. The van der Waals surface area contributed by atoms with Crippen molar-refractivity contribution >= 4 is 5.91 Å². The van der Waals surface area contributed by atoms with E-state index in [1.807, 2.05) is 6.07 Å². The van der Waals surface area contributed by atoms with Gasteiger partial charge in [-0.1, -0.05) is 6.07 Å². The van der Waals surface area contributed by atoms with Gasteiger partial charge in [-0.05, 0) is 66.8 Å². The van der Waals surface area contributed by atoms with Gasteiger partial charge in [0, 0.05) is 11.6 Å². The van der Waals surface area contributed by atoms with Gasteiger partial charge in [0.15, 0.2) is 0 Å². The smallest absolute Gasteiger partial charge is 0.251 e. The second kappa shape index (κ2) is 6.18. The monoisotopic (exact) mass is 299 g/mol. The first-order valence-electron chi connectivity index (χ1n) is 7.38. The zero-order valence-corrected chi connectivity index (χ0v) is 12.4. The van der Waals surface area contributed by atoms with Crippen molar-refractivity contribution in [2.24, 2.45) is 0 Å². The summed E-state index contributed by atoms with van der Waals surface area (Å²) in [5.41, 5.74) is 3.02. The number of aryl methyl sites for hydroxylation is 1. The van der Waals surface area contributed by atoms with Crippen LogP contribution in [0, 0.1) is 5.82 Å². The van der Waals surface area contributed by atoms with Crippen molar-refractivity contribution in [2.75, 3.05) is 7.11 Å². The van der Waals surface area contributed by atoms with Gasteiger partial charge in [0.2, 0.25) is 0 Å². The maximum atomic E-state index is 12.9. The van der Waals surface area contributed by atoms with E-state index in [1.165, 1.54) is 35.4 Å². The summed E-state index contributed by atoms with van der Waals surface area (Å²) in [6.07, 6.45) is 2.63. The highest BCUT2D eigenvalue weighted by molar-refractivity contribution is 5.94. The SMILES string of the molecule is COc1ccc2c(c1)CCC(NC(=O)c1ccc(F)cc1)C2. The Bertz CT molecular complexity index is 682. The zero-order valence-electron chi connectivity index (χ0n) is 12.4. The first kappa shape index (κ1) is 14.6. The molecule has 114 valence electrons. The van der Waals surface area contributed by atoms with Gasteiger partial charge in [0.1, 0.15) is 11.6 Å². The molecule has 1 aliphatic rings.